The quantitative estimate of drug-likeness (QED) is 0.594. The van der Waals surface area contributed by atoms with Crippen LogP contribution in [0.25, 0.3) is 22.6 Å². The number of nitrogens with one attached hydrogen (secondary N) is 2. The third-order valence-corrected chi connectivity index (χ3v) is 3.75. The van der Waals surface area contributed by atoms with Crippen molar-refractivity contribution in [3.63, 3.8) is 0 Å². The van der Waals surface area contributed by atoms with E-state index in [1.165, 1.54) is 12.7 Å². The Labute approximate surface area is 137 Å². The van der Waals surface area contributed by atoms with Gasteiger partial charge < -0.3 is 9.73 Å². The predicted octanol–water partition coefficient (Wildman–Crippen LogP) is 2.84. The summed E-state index contributed by atoms with van der Waals surface area (Å²) in [5, 5.41) is 14.7. The van der Waals surface area contributed by atoms with Crippen LogP contribution in [-0.4, -0.2) is 34.9 Å². The Balaban J connectivity index is 1.80. The zero-order valence-corrected chi connectivity index (χ0v) is 13.5. The number of oxazole rings is 1. The van der Waals surface area contributed by atoms with E-state index in [0.29, 0.717) is 22.9 Å². The molecule has 0 spiro atoms. The van der Waals surface area contributed by atoms with Gasteiger partial charge in [0.15, 0.2) is 18.0 Å². The van der Waals surface area contributed by atoms with Gasteiger partial charge >= 0.3 is 0 Å². The smallest absolute Gasteiger partial charge is 0.184 e. The third kappa shape index (κ3) is 2.30. The maximum Gasteiger partial charge on any atom is 0.184 e. The lowest BCUT2D eigenvalue weighted by Gasteiger charge is -2.10. The number of rotatable bonds is 4. The monoisotopic (exact) mass is 324 g/mol. The first-order valence-electron chi connectivity index (χ1n) is 7.54. The maximum absolute atomic E-state index is 5.02. The van der Waals surface area contributed by atoms with Gasteiger partial charge in [0.2, 0.25) is 0 Å². The predicted molar refractivity (Wildman–Crippen MR) is 87.8 cm³/mol. The van der Waals surface area contributed by atoms with Crippen molar-refractivity contribution in [2.45, 2.75) is 26.8 Å². The summed E-state index contributed by atoms with van der Waals surface area (Å²) < 4.78 is 6.97. The van der Waals surface area contributed by atoms with Crippen molar-refractivity contribution in [1.29, 1.82) is 0 Å². The van der Waals surface area contributed by atoms with E-state index in [0.717, 1.165) is 16.9 Å². The minimum absolute atomic E-state index is 0.281. The van der Waals surface area contributed by atoms with Crippen molar-refractivity contribution < 1.29 is 4.42 Å². The molecule has 0 aromatic carbocycles. The topological polar surface area (TPSA) is 110 Å². The average molecular weight is 324 g/mol. The summed E-state index contributed by atoms with van der Waals surface area (Å²) in [6.45, 7) is 6.19. The van der Waals surface area contributed by atoms with Crippen LogP contribution < -0.4 is 5.32 Å². The van der Waals surface area contributed by atoms with E-state index in [-0.39, 0.29) is 6.04 Å². The SMILES string of the molecule is Cc1c(Nc2nc(-c3cocn3)nc3cn[nH]c23)cnn1C(C)C. The Kier molecular flexibility index (Phi) is 3.26. The Hall–Kier alpha value is -3.23. The van der Waals surface area contributed by atoms with Crippen molar-refractivity contribution >= 4 is 22.5 Å². The number of anilines is 2. The molecule has 4 aromatic rings. The molecule has 0 unspecified atom stereocenters. The van der Waals surface area contributed by atoms with E-state index in [9.17, 15) is 0 Å². The number of hydrogen-bond acceptors (Lipinski definition) is 7. The first-order valence-corrected chi connectivity index (χ1v) is 7.54. The Morgan fingerprint density at radius 1 is 1.25 bits per heavy atom. The summed E-state index contributed by atoms with van der Waals surface area (Å²) in [4.78, 5) is 13.1. The van der Waals surface area contributed by atoms with Gasteiger partial charge in [-0.3, -0.25) is 9.78 Å². The molecule has 0 atom stereocenters. The van der Waals surface area contributed by atoms with Gasteiger partial charge in [0.1, 0.15) is 23.0 Å². The summed E-state index contributed by atoms with van der Waals surface area (Å²) in [6, 6.07) is 0.281. The second-order valence-electron chi connectivity index (χ2n) is 5.71. The highest BCUT2D eigenvalue weighted by molar-refractivity contribution is 5.88. The summed E-state index contributed by atoms with van der Waals surface area (Å²) in [6.07, 6.45) is 6.29. The Morgan fingerprint density at radius 3 is 2.83 bits per heavy atom. The zero-order valence-electron chi connectivity index (χ0n) is 13.5. The van der Waals surface area contributed by atoms with Crippen LogP contribution in [0.1, 0.15) is 25.6 Å². The van der Waals surface area contributed by atoms with E-state index in [1.807, 2.05) is 11.6 Å². The number of H-pyrrole nitrogens is 1. The van der Waals surface area contributed by atoms with Gasteiger partial charge in [-0.1, -0.05) is 0 Å². The van der Waals surface area contributed by atoms with Gasteiger partial charge in [-0.05, 0) is 20.8 Å². The standard InChI is InChI=1S/C15H16N8O/c1-8(2)23-9(3)10(5-18-23)19-15-13-11(4-17-22-13)20-14(21-15)12-6-24-7-16-12/h4-8H,1-3H3,(H,17,22)(H,19,20,21). The van der Waals surface area contributed by atoms with Gasteiger partial charge in [-0.2, -0.15) is 10.2 Å². The average Bonchev–Trinajstić information content (AvgIpc) is 3.28. The zero-order chi connectivity index (χ0) is 16.7. The lowest BCUT2D eigenvalue weighted by molar-refractivity contribution is 0.519. The first kappa shape index (κ1) is 14.4. The Morgan fingerprint density at radius 2 is 2.12 bits per heavy atom. The molecule has 0 amide bonds. The normalized spacial score (nSPS) is 11.5. The number of aromatic nitrogens is 7. The highest BCUT2D eigenvalue weighted by Crippen LogP contribution is 2.27. The van der Waals surface area contributed by atoms with E-state index >= 15 is 0 Å². The van der Waals surface area contributed by atoms with Crippen LogP contribution in [0, 0.1) is 6.92 Å². The molecule has 4 rings (SSSR count). The lowest BCUT2D eigenvalue weighted by Crippen LogP contribution is -2.05. The molecular weight excluding hydrogens is 308 g/mol. The van der Waals surface area contributed by atoms with E-state index in [4.69, 9.17) is 4.42 Å². The summed E-state index contributed by atoms with van der Waals surface area (Å²) in [5.41, 5.74) is 3.89. The van der Waals surface area contributed by atoms with Crippen LogP contribution in [0.4, 0.5) is 11.5 Å². The van der Waals surface area contributed by atoms with Crippen LogP contribution in [0.15, 0.2) is 29.5 Å². The minimum Gasteiger partial charge on any atom is -0.451 e. The highest BCUT2D eigenvalue weighted by atomic mass is 16.3. The molecule has 9 nitrogen and oxygen atoms in total. The van der Waals surface area contributed by atoms with Crippen molar-refractivity contribution in [3.05, 3.63) is 30.7 Å². The molecule has 0 radical (unpaired) electrons. The van der Waals surface area contributed by atoms with E-state index < -0.39 is 0 Å². The molecule has 0 saturated carbocycles. The van der Waals surface area contributed by atoms with E-state index in [1.54, 1.807) is 12.4 Å². The van der Waals surface area contributed by atoms with Crippen LogP contribution in [0.5, 0.6) is 0 Å². The number of aromatic amines is 1. The molecule has 2 N–H and O–H groups in total. The van der Waals surface area contributed by atoms with Crippen molar-refractivity contribution in [2.75, 3.05) is 5.32 Å². The molecule has 0 aliphatic heterocycles. The van der Waals surface area contributed by atoms with Crippen LogP contribution >= 0.6 is 0 Å². The fourth-order valence-corrected chi connectivity index (χ4v) is 2.56. The molecule has 0 fully saturated rings. The van der Waals surface area contributed by atoms with Crippen molar-refractivity contribution in [3.8, 4) is 11.5 Å². The van der Waals surface area contributed by atoms with Gasteiger partial charge in [0, 0.05) is 6.04 Å². The maximum atomic E-state index is 5.02. The molecule has 122 valence electrons. The first-order chi connectivity index (χ1) is 11.6. The summed E-state index contributed by atoms with van der Waals surface area (Å²) in [5.74, 6) is 1.08. The minimum atomic E-state index is 0.281. The van der Waals surface area contributed by atoms with Crippen LogP contribution in [-0.2, 0) is 0 Å². The molecule has 4 aromatic heterocycles. The number of nitrogens with zero attached hydrogens (tertiary/aromatic N) is 6. The largest absolute Gasteiger partial charge is 0.451 e. The fraction of sp³-hybridized carbons (Fsp3) is 0.267. The molecule has 0 aliphatic carbocycles. The van der Waals surface area contributed by atoms with Crippen molar-refractivity contribution in [2.24, 2.45) is 0 Å². The second kappa shape index (κ2) is 5.44. The lowest BCUT2D eigenvalue weighted by atomic mass is 10.3. The molecule has 9 heteroatoms. The van der Waals surface area contributed by atoms with Crippen LogP contribution in [0.2, 0.25) is 0 Å². The van der Waals surface area contributed by atoms with Gasteiger partial charge in [-0.15, -0.1) is 0 Å². The Bertz CT molecular complexity index is 982. The number of fused-ring (bicyclic) bond motifs is 1. The van der Waals surface area contributed by atoms with Crippen molar-refractivity contribution in [1.82, 2.24) is 34.9 Å². The molecule has 0 aliphatic rings. The van der Waals surface area contributed by atoms with Gasteiger partial charge in [0.05, 0.1) is 23.8 Å². The molecule has 24 heavy (non-hydrogen) atoms. The molecule has 4 heterocycles. The van der Waals surface area contributed by atoms with Gasteiger partial charge in [0.25, 0.3) is 0 Å². The van der Waals surface area contributed by atoms with Crippen LogP contribution in [0.3, 0.4) is 0 Å². The third-order valence-electron chi connectivity index (χ3n) is 3.75. The summed E-state index contributed by atoms with van der Waals surface area (Å²) >= 11 is 0. The molecule has 0 bridgehead atoms. The molecular formula is C15H16N8O. The fourth-order valence-electron chi connectivity index (χ4n) is 2.56. The summed E-state index contributed by atoms with van der Waals surface area (Å²) in [7, 11) is 0. The molecule has 0 saturated heterocycles. The van der Waals surface area contributed by atoms with E-state index in [2.05, 4.69) is 49.4 Å². The number of hydrogen-bond donors (Lipinski definition) is 2. The second-order valence-corrected chi connectivity index (χ2v) is 5.71. The highest BCUT2D eigenvalue weighted by Gasteiger charge is 2.15. The van der Waals surface area contributed by atoms with Gasteiger partial charge in [-0.25, -0.2) is 15.0 Å².